The molecule has 0 aliphatic carbocycles. The predicted molar refractivity (Wildman–Crippen MR) is 46.5 cm³/mol. The van der Waals surface area contributed by atoms with Gasteiger partial charge in [0.2, 0.25) is 0 Å². The highest BCUT2D eigenvalue weighted by Crippen LogP contribution is 2.21. The Morgan fingerprint density at radius 3 is 2.25 bits per heavy atom. The zero-order chi connectivity index (χ0) is 6.15. The van der Waals surface area contributed by atoms with Crippen LogP contribution in [0.15, 0.2) is 6.07 Å². The van der Waals surface area contributed by atoms with Gasteiger partial charge in [-0.25, -0.2) is 0 Å². The van der Waals surface area contributed by atoms with Gasteiger partial charge in [-0.3, -0.25) is 0 Å². The highest BCUT2D eigenvalue weighted by molar-refractivity contribution is 14.1. The highest BCUT2D eigenvalue weighted by Gasteiger charge is 1.95. The van der Waals surface area contributed by atoms with Gasteiger partial charge in [0.25, 0.3) is 0 Å². The van der Waals surface area contributed by atoms with E-state index in [-0.39, 0.29) is 0 Å². The quantitative estimate of drug-likeness (QED) is 0.609. The first-order valence-corrected chi connectivity index (χ1v) is 4.32. The van der Waals surface area contributed by atoms with E-state index < -0.39 is 0 Å². The molecule has 1 rings (SSSR count). The first-order chi connectivity index (χ1) is 3.70. The Bertz CT molecular complexity index is 171. The molecule has 0 spiro atoms. The molecule has 0 saturated heterocycles. The van der Waals surface area contributed by atoms with Gasteiger partial charge in [-0.1, -0.05) is 0 Å². The first-order valence-electron chi connectivity index (χ1n) is 2.42. The van der Waals surface area contributed by atoms with Crippen molar-refractivity contribution in [3.05, 3.63) is 19.4 Å². The number of halogens is 1. The van der Waals surface area contributed by atoms with Crippen molar-refractivity contribution in [1.29, 1.82) is 0 Å². The van der Waals surface area contributed by atoms with Crippen LogP contribution in [0.2, 0.25) is 0 Å². The molecule has 0 aromatic carbocycles. The van der Waals surface area contributed by atoms with Crippen molar-refractivity contribution >= 4 is 33.9 Å². The highest BCUT2D eigenvalue weighted by atomic mass is 127. The molecule has 0 nitrogen and oxygen atoms in total. The first kappa shape index (κ1) is 6.55. The number of aryl methyl sites for hydroxylation is 2. The minimum Gasteiger partial charge on any atom is -0.145 e. The van der Waals surface area contributed by atoms with Crippen LogP contribution < -0.4 is 0 Å². The molecule has 0 aliphatic heterocycles. The Labute approximate surface area is 67.1 Å². The maximum absolute atomic E-state index is 2.36. The number of rotatable bonds is 0. The summed E-state index contributed by atoms with van der Waals surface area (Å²) in [5.74, 6) is 0. The minimum absolute atomic E-state index is 1.39. The number of hydrogen-bond donors (Lipinski definition) is 0. The summed E-state index contributed by atoms with van der Waals surface area (Å²) in [6.45, 7) is 4.29. The van der Waals surface area contributed by atoms with Gasteiger partial charge in [0.05, 0.1) is 0 Å². The van der Waals surface area contributed by atoms with Crippen LogP contribution in [0, 0.1) is 17.4 Å². The average molecular weight is 238 g/mol. The smallest absolute Gasteiger partial charge is 0.0269 e. The van der Waals surface area contributed by atoms with E-state index in [1.54, 1.807) is 0 Å². The van der Waals surface area contributed by atoms with Crippen LogP contribution in [0.5, 0.6) is 0 Å². The number of thiophene rings is 1. The summed E-state index contributed by atoms with van der Waals surface area (Å²) in [5.41, 5.74) is 0. The van der Waals surface area contributed by atoms with Crippen molar-refractivity contribution in [2.45, 2.75) is 13.8 Å². The molecule has 44 valence electrons. The normalized spacial score (nSPS) is 9.88. The van der Waals surface area contributed by atoms with Crippen LogP contribution in [0.4, 0.5) is 0 Å². The third kappa shape index (κ3) is 1.23. The molecule has 0 saturated carbocycles. The molecule has 0 amide bonds. The zero-order valence-corrected chi connectivity index (χ0v) is 7.84. The van der Waals surface area contributed by atoms with E-state index in [4.69, 9.17) is 0 Å². The van der Waals surface area contributed by atoms with Crippen molar-refractivity contribution < 1.29 is 0 Å². The van der Waals surface area contributed by atoms with Gasteiger partial charge in [0.1, 0.15) is 0 Å². The van der Waals surface area contributed by atoms with Crippen LogP contribution in [0.25, 0.3) is 0 Å². The van der Waals surface area contributed by atoms with E-state index in [2.05, 4.69) is 42.5 Å². The number of hydrogen-bond acceptors (Lipinski definition) is 1. The van der Waals surface area contributed by atoms with E-state index >= 15 is 0 Å². The molecular weight excluding hydrogens is 231 g/mol. The second-order valence-electron chi connectivity index (χ2n) is 1.76. The van der Waals surface area contributed by atoms with Crippen molar-refractivity contribution in [2.75, 3.05) is 0 Å². The second-order valence-corrected chi connectivity index (χ2v) is 4.38. The largest absolute Gasteiger partial charge is 0.145 e. The maximum Gasteiger partial charge on any atom is 0.0269 e. The maximum atomic E-state index is 2.36. The van der Waals surface area contributed by atoms with Gasteiger partial charge in [-0.05, 0) is 42.5 Å². The predicted octanol–water partition coefficient (Wildman–Crippen LogP) is 2.97. The van der Waals surface area contributed by atoms with Gasteiger partial charge >= 0.3 is 0 Å². The fraction of sp³-hybridized carbons (Fsp3) is 0.333. The van der Waals surface area contributed by atoms with Crippen molar-refractivity contribution in [2.24, 2.45) is 0 Å². The van der Waals surface area contributed by atoms with E-state index in [0.717, 1.165) is 0 Å². The molecule has 0 radical (unpaired) electrons. The molecule has 0 bridgehead atoms. The van der Waals surface area contributed by atoms with Crippen molar-refractivity contribution in [3.63, 3.8) is 0 Å². The summed E-state index contributed by atoms with van der Waals surface area (Å²) in [5, 5.41) is 0. The summed E-state index contributed by atoms with van der Waals surface area (Å²) in [6, 6.07) is 2.21. The molecule has 0 atom stereocenters. The molecule has 0 unspecified atom stereocenters. The summed E-state index contributed by atoms with van der Waals surface area (Å²) in [7, 11) is 0. The van der Waals surface area contributed by atoms with Crippen LogP contribution in [-0.2, 0) is 0 Å². The minimum atomic E-state index is 1.39. The molecule has 2 heteroatoms. The molecule has 1 heterocycles. The van der Waals surface area contributed by atoms with E-state index in [9.17, 15) is 0 Å². The molecule has 0 fully saturated rings. The third-order valence-corrected chi connectivity index (χ3v) is 3.43. The third-order valence-electron chi connectivity index (χ3n) is 0.980. The molecule has 0 aliphatic rings. The Morgan fingerprint density at radius 1 is 1.50 bits per heavy atom. The molecule has 1 aromatic rings. The van der Waals surface area contributed by atoms with E-state index in [1.165, 1.54) is 13.3 Å². The summed E-state index contributed by atoms with van der Waals surface area (Å²) in [6.07, 6.45) is 0. The van der Waals surface area contributed by atoms with Gasteiger partial charge in [-0.2, -0.15) is 0 Å². The van der Waals surface area contributed by atoms with E-state index in [0.29, 0.717) is 0 Å². The van der Waals surface area contributed by atoms with Crippen molar-refractivity contribution in [3.8, 4) is 0 Å². The molecular formula is C6H7IS. The SMILES string of the molecule is Cc1cc(I)c(C)s1. The lowest BCUT2D eigenvalue weighted by Gasteiger charge is -1.77. The van der Waals surface area contributed by atoms with Crippen LogP contribution in [-0.4, -0.2) is 0 Å². The summed E-state index contributed by atoms with van der Waals surface area (Å²) < 4.78 is 1.39. The van der Waals surface area contributed by atoms with Gasteiger partial charge in [0.15, 0.2) is 0 Å². The Kier molecular flexibility index (Phi) is 1.92. The molecule has 0 N–H and O–H groups in total. The zero-order valence-electron chi connectivity index (χ0n) is 4.86. The van der Waals surface area contributed by atoms with Gasteiger partial charge < -0.3 is 0 Å². The Hall–Kier alpha value is 0.430. The lowest BCUT2D eigenvalue weighted by atomic mass is 10.5. The lowest BCUT2D eigenvalue weighted by Crippen LogP contribution is -1.60. The summed E-state index contributed by atoms with van der Waals surface area (Å²) in [4.78, 5) is 2.84. The standard InChI is InChI=1S/C6H7IS/c1-4-3-6(7)5(2)8-4/h3H,1-2H3. The van der Waals surface area contributed by atoms with Gasteiger partial charge in [0, 0.05) is 13.3 Å². The monoisotopic (exact) mass is 238 g/mol. The van der Waals surface area contributed by atoms with E-state index in [1.807, 2.05) is 11.3 Å². The summed E-state index contributed by atoms with van der Waals surface area (Å²) >= 11 is 4.22. The average Bonchev–Trinajstić information content (AvgIpc) is 1.85. The fourth-order valence-electron chi connectivity index (χ4n) is 0.600. The van der Waals surface area contributed by atoms with Crippen LogP contribution in [0.1, 0.15) is 9.75 Å². The second kappa shape index (κ2) is 2.35. The molecule has 8 heavy (non-hydrogen) atoms. The van der Waals surface area contributed by atoms with Crippen molar-refractivity contribution in [1.82, 2.24) is 0 Å². The lowest BCUT2D eigenvalue weighted by molar-refractivity contribution is 1.56. The fourth-order valence-corrected chi connectivity index (χ4v) is 2.42. The van der Waals surface area contributed by atoms with Crippen LogP contribution in [0.3, 0.4) is 0 Å². The topological polar surface area (TPSA) is 0 Å². The molecule has 1 aromatic heterocycles. The Morgan fingerprint density at radius 2 is 2.12 bits per heavy atom. The van der Waals surface area contributed by atoms with Gasteiger partial charge in [-0.15, -0.1) is 11.3 Å². The van der Waals surface area contributed by atoms with Crippen LogP contribution >= 0.6 is 33.9 Å². The Balaban J connectivity index is 3.14.